The molecule has 0 aromatic heterocycles. The highest BCUT2D eigenvalue weighted by atomic mass is 35.5. The molecule has 112 valence electrons. The number of nitrogens with one attached hydrogen (secondary N) is 1. The van der Waals surface area contributed by atoms with Crippen LogP contribution in [0.2, 0.25) is 5.02 Å². The molecule has 0 amide bonds. The molecule has 0 atom stereocenters. The van der Waals surface area contributed by atoms with Gasteiger partial charge in [0.25, 0.3) is 5.69 Å². The fourth-order valence-electron chi connectivity index (χ4n) is 1.69. The van der Waals surface area contributed by atoms with E-state index in [-0.39, 0.29) is 15.8 Å². The molecule has 1 aromatic carbocycles. The van der Waals surface area contributed by atoms with E-state index in [1.807, 2.05) is 13.8 Å². The second-order valence-corrected chi connectivity index (χ2v) is 6.58. The predicted octanol–water partition coefficient (Wildman–Crippen LogP) is 2.96. The molecule has 0 aliphatic carbocycles. The lowest BCUT2D eigenvalue weighted by Crippen LogP contribution is -2.29. The van der Waals surface area contributed by atoms with Crippen molar-refractivity contribution in [2.24, 2.45) is 5.92 Å². The quantitative estimate of drug-likeness (QED) is 0.617. The molecule has 0 saturated carbocycles. The van der Waals surface area contributed by atoms with Gasteiger partial charge in [-0.1, -0.05) is 38.3 Å². The standard InChI is InChI=1S/C12H17ClN2O4S/c1-3-9(4-2)8-14-20(18,19)10-5-6-11(13)12(7-10)15(16)17/h5-7,9,14H,3-4,8H2,1-2H3. The van der Waals surface area contributed by atoms with Crippen molar-refractivity contribution in [3.63, 3.8) is 0 Å². The van der Waals surface area contributed by atoms with E-state index >= 15 is 0 Å². The molecule has 0 radical (unpaired) electrons. The van der Waals surface area contributed by atoms with Crippen molar-refractivity contribution in [1.82, 2.24) is 4.72 Å². The molecule has 0 aliphatic rings. The molecule has 0 aliphatic heterocycles. The molecule has 0 bridgehead atoms. The predicted molar refractivity (Wildman–Crippen MR) is 77.4 cm³/mol. The van der Waals surface area contributed by atoms with E-state index < -0.39 is 20.6 Å². The molecule has 0 heterocycles. The van der Waals surface area contributed by atoms with Crippen molar-refractivity contribution in [1.29, 1.82) is 0 Å². The summed E-state index contributed by atoms with van der Waals surface area (Å²) in [5, 5.41) is 10.7. The molecule has 8 heteroatoms. The first-order valence-corrected chi connectivity index (χ1v) is 8.11. The molecule has 0 spiro atoms. The monoisotopic (exact) mass is 320 g/mol. The van der Waals surface area contributed by atoms with Crippen LogP contribution < -0.4 is 4.72 Å². The lowest BCUT2D eigenvalue weighted by Gasteiger charge is -2.13. The number of benzene rings is 1. The van der Waals surface area contributed by atoms with Crippen LogP contribution in [-0.2, 0) is 10.0 Å². The van der Waals surface area contributed by atoms with E-state index in [1.165, 1.54) is 12.1 Å². The van der Waals surface area contributed by atoms with Gasteiger partial charge in [-0.2, -0.15) is 0 Å². The summed E-state index contributed by atoms with van der Waals surface area (Å²) in [5.41, 5.74) is -0.419. The number of sulfonamides is 1. The summed E-state index contributed by atoms with van der Waals surface area (Å²) in [5.74, 6) is 0.243. The summed E-state index contributed by atoms with van der Waals surface area (Å²) < 4.78 is 26.6. The van der Waals surface area contributed by atoms with Crippen LogP contribution in [0.4, 0.5) is 5.69 Å². The SMILES string of the molecule is CCC(CC)CNS(=O)(=O)c1ccc(Cl)c([N+](=O)[O-])c1. The number of halogens is 1. The first-order chi connectivity index (χ1) is 9.31. The van der Waals surface area contributed by atoms with Crippen LogP contribution in [0, 0.1) is 16.0 Å². The second kappa shape index (κ2) is 7.01. The van der Waals surface area contributed by atoms with Gasteiger partial charge in [0.05, 0.1) is 9.82 Å². The summed E-state index contributed by atoms with van der Waals surface area (Å²) in [6, 6.07) is 3.44. The summed E-state index contributed by atoms with van der Waals surface area (Å²) in [4.78, 5) is 9.91. The van der Waals surface area contributed by atoms with Gasteiger partial charge in [0, 0.05) is 12.6 Å². The molecule has 1 rings (SSSR count). The Labute approximate surface area is 123 Å². The fraction of sp³-hybridized carbons (Fsp3) is 0.500. The van der Waals surface area contributed by atoms with Gasteiger partial charge in [-0.15, -0.1) is 0 Å². The number of hydrogen-bond acceptors (Lipinski definition) is 4. The van der Waals surface area contributed by atoms with E-state index in [2.05, 4.69) is 4.72 Å². The summed E-state index contributed by atoms with van der Waals surface area (Å²) in [7, 11) is -3.76. The van der Waals surface area contributed by atoms with Crippen LogP contribution in [0.25, 0.3) is 0 Å². The normalized spacial score (nSPS) is 11.8. The third-order valence-corrected chi connectivity index (χ3v) is 4.88. The van der Waals surface area contributed by atoms with Gasteiger partial charge in [0.2, 0.25) is 10.0 Å². The molecule has 1 N–H and O–H groups in total. The Morgan fingerprint density at radius 2 is 1.95 bits per heavy atom. The van der Waals surface area contributed by atoms with Crippen molar-refractivity contribution in [3.8, 4) is 0 Å². The van der Waals surface area contributed by atoms with Gasteiger partial charge in [0.1, 0.15) is 5.02 Å². The van der Waals surface area contributed by atoms with Crippen molar-refractivity contribution >= 4 is 27.3 Å². The van der Waals surface area contributed by atoms with Crippen molar-refractivity contribution < 1.29 is 13.3 Å². The van der Waals surface area contributed by atoms with Gasteiger partial charge in [-0.25, -0.2) is 13.1 Å². The minimum Gasteiger partial charge on any atom is -0.258 e. The van der Waals surface area contributed by atoms with E-state index in [0.717, 1.165) is 18.9 Å². The van der Waals surface area contributed by atoms with Crippen LogP contribution >= 0.6 is 11.6 Å². The first-order valence-electron chi connectivity index (χ1n) is 6.25. The van der Waals surface area contributed by atoms with Gasteiger partial charge >= 0.3 is 0 Å². The van der Waals surface area contributed by atoms with Gasteiger partial charge in [-0.05, 0) is 18.1 Å². The Hall–Kier alpha value is -1.18. The Bertz CT molecular complexity index is 585. The van der Waals surface area contributed by atoms with Crippen LogP contribution in [0.5, 0.6) is 0 Å². The van der Waals surface area contributed by atoms with Gasteiger partial charge in [0.15, 0.2) is 0 Å². The number of nitro groups is 1. The van der Waals surface area contributed by atoms with Crippen LogP contribution in [0.1, 0.15) is 26.7 Å². The van der Waals surface area contributed by atoms with Crippen molar-refractivity contribution in [3.05, 3.63) is 33.3 Å². The molecule has 0 unspecified atom stereocenters. The summed E-state index contributed by atoms with van der Waals surface area (Å²) >= 11 is 5.66. The Morgan fingerprint density at radius 3 is 2.45 bits per heavy atom. The zero-order chi connectivity index (χ0) is 15.3. The maximum atomic E-state index is 12.1. The smallest absolute Gasteiger partial charge is 0.258 e. The number of nitrogens with zero attached hydrogens (tertiary/aromatic N) is 1. The second-order valence-electron chi connectivity index (χ2n) is 4.40. The lowest BCUT2D eigenvalue weighted by atomic mass is 10.0. The molecular formula is C12H17ClN2O4S. The van der Waals surface area contributed by atoms with E-state index in [4.69, 9.17) is 11.6 Å². The largest absolute Gasteiger partial charge is 0.289 e. The lowest BCUT2D eigenvalue weighted by molar-refractivity contribution is -0.384. The minimum absolute atomic E-state index is 0.0889. The Morgan fingerprint density at radius 1 is 1.35 bits per heavy atom. The topological polar surface area (TPSA) is 89.3 Å². The number of nitro benzene ring substituents is 1. The van der Waals surface area contributed by atoms with Gasteiger partial charge in [-0.3, -0.25) is 10.1 Å². The highest BCUT2D eigenvalue weighted by Crippen LogP contribution is 2.27. The van der Waals surface area contributed by atoms with Gasteiger partial charge < -0.3 is 0 Å². The van der Waals surface area contributed by atoms with Crippen molar-refractivity contribution in [2.75, 3.05) is 6.54 Å². The van der Waals surface area contributed by atoms with Crippen LogP contribution in [-0.4, -0.2) is 19.9 Å². The van der Waals surface area contributed by atoms with E-state index in [9.17, 15) is 18.5 Å². The third-order valence-electron chi connectivity index (χ3n) is 3.14. The zero-order valence-electron chi connectivity index (χ0n) is 11.3. The minimum atomic E-state index is -3.76. The molecular weight excluding hydrogens is 304 g/mol. The molecule has 6 nitrogen and oxygen atoms in total. The average molecular weight is 321 g/mol. The highest BCUT2D eigenvalue weighted by Gasteiger charge is 2.21. The Balaban J connectivity index is 2.98. The molecule has 0 saturated heterocycles. The zero-order valence-corrected chi connectivity index (χ0v) is 12.9. The number of rotatable bonds is 7. The molecule has 0 fully saturated rings. The molecule has 20 heavy (non-hydrogen) atoms. The van der Waals surface area contributed by atoms with E-state index in [1.54, 1.807) is 0 Å². The first kappa shape index (κ1) is 16.9. The average Bonchev–Trinajstić information content (AvgIpc) is 2.39. The highest BCUT2D eigenvalue weighted by molar-refractivity contribution is 7.89. The molecule has 1 aromatic rings. The fourth-order valence-corrected chi connectivity index (χ4v) is 3.01. The van der Waals surface area contributed by atoms with Crippen LogP contribution in [0.3, 0.4) is 0 Å². The summed E-state index contributed by atoms with van der Waals surface area (Å²) in [6.45, 7) is 4.27. The Kier molecular flexibility index (Phi) is 5.91. The number of hydrogen-bond donors (Lipinski definition) is 1. The van der Waals surface area contributed by atoms with Crippen molar-refractivity contribution in [2.45, 2.75) is 31.6 Å². The maximum absolute atomic E-state index is 12.1. The maximum Gasteiger partial charge on any atom is 0.289 e. The third kappa shape index (κ3) is 4.16. The summed E-state index contributed by atoms with van der Waals surface area (Å²) in [6.07, 6.45) is 1.72. The van der Waals surface area contributed by atoms with Crippen LogP contribution in [0.15, 0.2) is 23.1 Å². The van der Waals surface area contributed by atoms with E-state index in [0.29, 0.717) is 6.54 Å².